The van der Waals surface area contributed by atoms with Gasteiger partial charge in [-0.25, -0.2) is 0 Å². The molecule has 0 bridgehead atoms. The van der Waals surface area contributed by atoms with Crippen LogP contribution in [0.3, 0.4) is 0 Å². The highest BCUT2D eigenvalue weighted by Gasteiger charge is 2.49. The standard InChI is InChI=1S/C23H18F3N5OS/c1-22(2)20(32)31(17-8-7-16(12-27)18(11-17)23(24,25)26)21(33)30(22)13-14-3-5-15(6-4-14)19-9-10-28-29-19/h3-9,11H,10,13H2,1-2H3. The van der Waals surface area contributed by atoms with Crippen molar-refractivity contribution in [2.24, 2.45) is 10.2 Å². The molecule has 0 radical (unpaired) electrons. The van der Waals surface area contributed by atoms with Gasteiger partial charge in [-0.3, -0.25) is 9.69 Å². The van der Waals surface area contributed by atoms with Gasteiger partial charge in [0, 0.05) is 12.1 Å². The molecule has 10 heteroatoms. The van der Waals surface area contributed by atoms with E-state index in [4.69, 9.17) is 17.5 Å². The summed E-state index contributed by atoms with van der Waals surface area (Å²) in [5, 5.41) is 17.1. The Hall–Kier alpha value is -3.58. The molecule has 0 aromatic heterocycles. The van der Waals surface area contributed by atoms with Crippen LogP contribution in [0.2, 0.25) is 0 Å². The largest absolute Gasteiger partial charge is 0.417 e. The van der Waals surface area contributed by atoms with Crippen molar-refractivity contribution in [1.29, 1.82) is 5.26 Å². The van der Waals surface area contributed by atoms with E-state index in [1.165, 1.54) is 6.07 Å². The van der Waals surface area contributed by atoms with Crippen LogP contribution in [-0.2, 0) is 17.5 Å². The molecule has 0 atom stereocenters. The van der Waals surface area contributed by atoms with Crippen LogP contribution in [0.25, 0.3) is 5.70 Å². The van der Waals surface area contributed by atoms with Gasteiger partial charge in [-0.2, -0.15) is 28.7 Å². The van der Waals surface area contributed by atoms with Crippen molar-refractivity contribution in [3.05, 3.63) is 70.8 Å². The Balaban J connectivity index is 1.64. The molecule has 0 saturated carbocycles. The lowest BCUT2D eigenvalue weighted by Crippen LogP contribution is -2.43. The van der Waals surface area contributed by atoms with E-state index < -0.39 is 28.7 Å². The summed E-state index contributed by atoms with van der Waals surface area (Å²) in [5.74, 6) is -0.446. The molecule has 0 aliphatic carbocycles. The Kier molecular flexibility index (Phi) is 5.54. The molecule has 168 valence electrons. The maximum absolute atomic E-state index is 13.4. The van der Waals surface area contributed by atoms with Crippen LogP contribution >= 0.6 is 12.2 Å². The van der Waals surface area contributed by atoms with E-state index in [9.17, 15) is 18.0 Å². The van der Waals surface area contributed by atoms with E-state index in [2.05, 4.69) is 10.2 Å². The SMILES string of the molecule is CC1(C)C(=O)N(c2ccc(C#N)c(C(F)(F)F)c2)C(=S)N1Cc1ccc(C2=CCN=N2)cc1. The second-order valence-electron chi connectivity index (χ2n) is 8.12. The zero-order valence-corrected chi connectivity index (χ0v) is 18.5. The highest BCUT2D eigenvalue weighted by Crippen LogP contribution is 2.38. The molecule has 6 nitrogen and oxygen atoms in total. The first kappa shape index (κ1) is 22.6. The summed E-state index contributed by atoms with van der Waals surface area (Å²) in [4.78, 5) is 16.0. The summed E-state index contributed by atoms with van der Waals surface area (Å²) >= 11 is 5.53. The van der Waals surface area contributed by atoms with E-state index in [1.807, 2.05) is 30.3 Å². The lowest BCUT2D eigenvalue weighted by Gasteiger charge is -2.29. The van der Waals surface area contributed by atoms with Crippen molar-refractivity contribution >= 4 is 34.6 Å². The van der Waals surface area contributed by atoms with Gasteiger partial charge in [0.25, 0.3) is 5.91 Å². The molecule has 1 saturated heterocycles. The van der Waals surface area contributed by atoms with Gasteiger partial charge in [0.05, 0.1) is 35.1 Å². The number of hydrogen-bond donors (Lipinski definition) is 0. The second-order valence-corrected chi connectivity index (χ2v) is 8.48. The molecule has 2 aliphatic heterocycles. The summed E-state index contributed by atoms with van der Waals surface area (Å²) in [7, 11) is 0. The lowest BCUT2D eigenvalue weighted by atomic mass is 10.0. The van der Waals surface area contributed by atoms with Gasteiger partial charge in [0.15, 0.2) is 5.11 Å². The van der Waals surface area contributed by atoms with E-state index >= 15 is 0 Å². The number of nitriles is 1. The Labute approximate surface area is 193 Å². The molecule has 2 heterocycles. The summed E-state index contributed by atoms with van der Waals surface area (Å²) < 4.78 is 40.3. The number of nitrogens with zero attached hydrogens (tertiary/aromatic N) is 5. The molecular formula is C23H18F3N5OS. The van der Waals surface area contributed by atoms with Gasteiger partial charge in [0.2, 0.25) is 0 Å². The first-order valence-electron chi connectivity index (χ1n) is 9.98. The Bertz CT molecular complexity index is 1240. The summed E-state index contributed by atoms with van der Waals surface area (Å²) in [5.41, 5.74) is -0.153. The maximum atomic E-state index is 13.4. The van der Waals surface area contributed by atoms with Crippen LogP contribution in [0.1, 0.15) is 36.1 Å². The zero-order chi connectivity index (χ0) is 24.0. The van der Waals surface area contributed by atoms with E-state index in [0.29, 0.717) is 6.54 Å². The number of carbonyl (C=O) groups is 1. The number of hydrogen-bond acceptors (Lipinski definition) is 5. The molecule has 2 aromatic rings. The highest BCUT2D eigenvalue weighted by atomic mass is 32.1. The van der Waals surface area contributed by atoms with Gasteiger partial charge in [0.1, 0.15) is 5.54 Å². The van der Waals surface area contributed by atoms with Gasteiger partial charge in [-0.05, 0) is 55.9 Å². The van der Waals surface area contributed by atoms with Gasteiger partial charge >= 0.3 is 6.18 Å². The van der Waals surface area contributed by atoms with Crippen LogP contribution in [0.5, 0.6) is 0 Å². The third-order valence-corrected chi connectivity index (χ3v) is 6.05. The van der Waals surface area contributed by atoms with Crippen molar-refractivity contribution in [2.45, 2.75) is 32.1 Å². The molecule has 2 aromatic carbocycles. The number of azo groups is 1. The number of alkyl halides is 3. The summed E-state index contributed by atoms with van der Waals surface area (Å²) in [6.45, 7) is 4.19. The zero-order valence-electron chi connectivity index (χ0n) is 17.7. The van der Waals surface area contributed by atoms with E-state index in [-0.39, 0.29) is 17.3 Å². The third kappa shape index (κ3) is 4.00. The summed E-state index contributed by atoms with van der Waals surface area (Å²) in [6, 6.07) is 12.3. The first-order valence-corrected chi connectivity index (χ1v) is 10.4. The number of halogens is 3. The van der Waals surface area contributed by atoms with Crippen LogP contribution in [0.15, 0.2) is 58.8 Å². The smallest absolute Gasteiger partial charge is 0.330 e. The number of amides is 1. The highest BCUT2D eigenvalue weighted by molar-refractivity contribution is 7.80. The fraction of sp³-hybridized carbons (Fsp3) is 0.261. The van der Waals surface area contributed by atoms with Gasteiger partial charge in [-0.15, -0.1) is 0 Å². The minimum Gasteiger partial charge on any atom is -0.330 e. The van der Waals surface area contributed by atoms with Crippen molar-refractivity contribution in [2.75, 3.05) is 11.4 Å². The average molecular weight is 469 g/mol. The number of anilines is 1. The molecule has 0 unspecified atom stereocenters. The quantitative estimate of drug-likeness (QED) is 0.570. The number of carbonyl (C=O) groups excluding carboxylic acids is 1. The number of rotatable bonds is 4. The fourth-order valence-corrected chi connectivity index (χ4v) is 4.24. The molecule has 1 amide bonds. The average Bonchev–Trinajstić information content (AvgIpc) is 3.36. The Morgan fingerprint density at radius 3 is 2.45 bits per heavy atom. The monoisotopic (exact) mass is 469 g/mol. The predicted molar refractivity (Wildman–Crippen MR) is 120 cm³/mol. The van der Waals surface area contributed by atoms with Crippen LogP contribution in [0.4, 0.5) is 18.9 Å². The first-order chi connectivity index (χ1) is 15.5. The van der Waals surface area contributed by atoms with Crippen molar-refractivity contribution < 1.29 is 18.0 Å². The molecule has 0 N–H and O–H groups in total. The van der Waals surface area contributed by atoms with E-state index in [1.54, 1.807) is 24.8 Å². The minimum atomic E-state index is -4.74. The van der Waals surface area contributed by atoms with E-state index in [0.717, 1.165) is 33.9 Å². The predicted octanol–water partition coefficient (Wildman–Crippen LogP) is 5.30. The minimum absolute atomic E-state index is 0.0271. The molecule has 1 fully saturated rings. The van der Waals surface area contributed by atoms with Crippen LogP contribution in [0, 0.1) is 11.3 Å². The normalized spacial score (nSPS) is 17.5. The lowest BCUT2D eigenvalue weighted by molar-refractivity contribution is -0.137. The van der Waals surface area contributed by atoms with Crippen molar-refractivity contribution in [3.63, 3.8) is 0 Å². The molecular weight excluding hydrogens is 451 g/mol. The molecule has 0 spiro atoms. The second kappa shape index (κ2) is 8.08. The number of thiocarbonyl (C=S) groups is 1. The summed E-state index contributed by atoms with van der Waals surface area (Å²) in [6.07, 6.45) is -2.83. The van der Waals surface area contributed by atoms with Crippen molar-refractivity contribution in [3.8, 4) is 6.07 Å². The molecule has 4 rings (SSSR count). The Morgan fingerprint density at radius 2 is 1.88 bits per heavy atom. The van der Waals surface area contributed by atoms with Crippen LogP contribution in [-0.4, -0.2) is 28.0 Å². The maximum Gasteiger partial charge on any atom is 0.417 e. The molecule has 33 heavy (non-hydrogen) atoms. The third-order valence-electron chi connectivity index (χ3n) is 5.65. The topological polar surface area (TPSA) is 72.1 Å². The van der Waals surface area contributed by atoms with Gasteiger partial charge in [-0.1, -0.05) is 24.3 Å². The fourth-order valence-electron chi connectivity index (χ4n) is 3.76. The molecule has 2 aliphatic rings. The van der Waals surface area contributed by atoms with Gasteiger partial charge < -0.3 is 4.90 Å². The Morgan fingerprint density at radius 1 is 1.18 bits per heavy atom. The van der Waals surface area contributed by atoms with Crippen molar-refractivity contribution in [1.82, 2.24) is 4.90 Å². The van der Waals surface area contributed by atoms with Crippen LogP contribution < -0.4 is 4.90 Å². The number of benzene rings is 2.